The molecule has 1 aromatic heterocycles. The summed E-state index contributed by atoms with van der Waals surface area (Å²) in [5.74, 6) is 0. The van der Waals surface area contributed by atoms with Crippen LogP contribution in [0.15, 0.2) is 54.7 Å². The normalized spacial score (nSPS) is 12.4. The summed E-state index contributed by atoms with van der Waals surface area (Å²) < 4.78 is 7.55. The minimum atomic E-state index is -0.571. The molecular weight excluding hydrogens is 350 g/mol. The molecule has 0 bridgehead atoms. The third-order valence-electron chi connectivity index (χ3n) is 4.54. The largest absolute Gasteiger partial charge is 0.444 e. The zero-order valence-corrected chi connectivity index (χ0v) is 16.7. The van der Waals surface area contributed by atoms with Gasteiger partial charge in [-0.15, -0.1) is 0 Å². The maximum Gasteiger partial charge on any atom is 0.408 e. The Balaban J connectivity index is 1.92. The van der Waals surface area contributed by atoms with E-state index in [-0.39, 0.29) is 6.04 Å². The number of amides is 1. The number of rotatable bonds is 4. The number of nitrogens with one attached hydrogen (secondary N) is 1. The highest BCUT2D eigenvalue weighted by Crippen LogP contribution is 2.26. The van der Waals surface area contributed by atoms with E-state index in [4.69, 9.17) is 10.00 Å². The molecule has 3 aromatic rings. The predicted molar refractivity (Wildman–Crippen MR) is 110 cm³/mol. The second-order valence-corrected chi connectivity index (χ2v) is 7.92. The summed E-state index contributed by atoms with van der Waals surface area (Å²) in [6, 6.07) is 17.4. The van der Waals surface area contributed by atoms with Gasteiger partial charge < -0.3 is 14.6 Å². The van der Waals surface area contributed by atoms with Crippen LogP contribution in [0.4, 0.5) is 4.79 Å². The highest BCUT2D eigenvalue weighted by Gasteiger charge is 2.22. The molecule has 0 unspecified atom stereocenters. The molecule has 5 nitrogen and oxygen atoms in total. The zero-order valence-electron chi connectivity index (χ0n) is 16.7. The molecule has 144 valence electrons. The molecule has 0 saturated carbocycles. The summed E-state index contributed by atoms with van der Waals surface area (Å²) in [6.45, 7) is 5.52. The molecule has 1 heterocycles. The van der Waals surface area contributed by atoms with Gasteiger partial charge in [-0.1, -0.05) is 30.3 Å². The average molecular weight is 375 g/mol. The van der Waals surface area contributed by atoms with Crippen molar-refractivity contribution >= 4 is 17.0 Å². The van der Waals surface area contributed by atoms with Gasteiger partial charge in [-0.25, -0.2) is 4.79 Å². The Kier molecular flexibility index (Phi) is 5.41. The van der Waals surface area contributed by atoms with Crippen molar-refractivity contribution in [3.63, 3.8) is 0 Å². The topological polar surface area (TPSA) is 67.1 Å². The van der Waals surface area contributed by atoms with Gasteiger partial charge in [-0.05, 0) is 56.5 Å². The van der Waals surface area contributed by atoms with Crippen molar-refractivity contribution in [3.05, 3.63) is 71.4 Å². The molecule has 1 amide bonds. The number of alkyl carbamates (subject to hydrolysis) is 1. The van der Waals surface area contributed by atoms with Crippen LogP contribution in [0.1, 0.15) is 43.5 Å². The van der Waals surface area contributed by atoms with Gasteiger partial charge in [0.1, 0.15) is 5.60 Å². The van der Waals surface area contributed by atoms with Gasteiger partial charge >= 0.3 is 6.09 Å². The number of hydrogen-bond donors (Lipinski definition) is 1. The maximum atomic E-state index is 12.4. The number of aryl methyl sites for hydroxylation is 1. The summed E-state index contributed by atoms with van der Waals surface area (Å²) in [7, 11) is 2.02. The number of nitrogens with zero attached hydrogens (tertiary/aromatic N) is 2. The summed E-state index contributed by atoms with van der Waals surface area (Å²) in [5, 5.41) is 13.2. The summed E-state index contributed by atoms with van der Waals surface area (Å²) in [4.78, 5) is 12.4. The smallest absolute Gasteiger partial charge is 0.408 e. The second-order valence-electron chi connectivity index (χ2n) is 7.92. The molecule has 1 atom stereocenters. The first kappa shape index (κ1) is 19.5. The first-order chi connectivity index (χ1) is 13.3. The number of carbonyl (C=O) groups is 1. The van der Waals surface area contributed by atoms with Crippen molar-refractivity contribution in [3.8, 4) is 6.07 Å². The van der Waals surface area contributed by atoms with E-state index in [0.717, 1.165) is 22.0 Å². The number of benzene rings is 2. The van der Waals surface area contributed by atoms with E-state index in [1.807, 2.05) is 52.1 Å². The number of para-hydroxylation sites is 1. The molecule has 0 saturated heterocycles. The van der Waals surface area contributed by atoms with E-state index in [0.29, 0.717) is 12.0 Å². The van der Waals surface area contributed by atoms with Crippen LogP contribution in [0, 0.1) is 11.3 Å². The quantitative estimate of drug-likeness (QED) is 0.708. The Labute approximate surface area is 165 Å². The van der Waals surface area contributed by atoms with Gasteiger partial charge in [0, 0.05) is 24.1 Å². The van der Waals surface area contributed by atoms with E-state index in [1.165, 1.54) is 0 Å². The van der Waals surface area contributed by atoms with Crippen LogP contribution in [0.2, 0.25) is 0 Å². The van der Waals surface area contributed by atoms with Gasteiger partial charge in [0.2, 0.25) is 0 Å². The Morgan fingerprint density at radius 3 is 2.50 bits per heavy atom. The molecule has 1 N–H and O–H groups in total. The monoisotopic (exact) mass is 375 g/mol. The molecule has 0 aliphatic heterocycles. The third-order valence-corrected chi connectivity index (χ3v) is 4.54. The minimum absolute atomic E-state index is 0.270. The first-order valence-electron chi connectivity index (χ1n) is 9.29. The van der Waals surface area contributed by atoms with E-state index >= 15 is 0 Å². The van der Waals surface area contributed by atoms with Crippen molar-refractivity contribution in [2.45, 2.75) is 38.8 Å². The highest BCUT2D eigenvalue weighted by molar-refractivity contribution is 5.84. The van der Waals surface area contributed by atoms with Crippen LogP contribution in [0.5, 0.6) is 0 Å². The molecule has 0 fully saturated rings. The number of carbonyl (C=O) groups excluding carboxylic acids is 1. The van der Waals surface area contributed by atoms with Gasteiger partial charge in [0.25, 0.3) is 0 Å². The first-order valence-corrected chi connectivity index (χ1v) is 9.29. The number of nitriles is 1. The Morgan fingerprint density at radius 1 is 1.18 bits per heavy atom. The fraction of sp³-hybridized carbons (Fsp3) is 0.304. The molecule has 5 heteroatoms. The van der Waals surface area contributed by atoms with Gasteiger partial charge in [0.05, 0.1) is 17.7 Å². The number of fused-ring (bicyclic) bond motifs is 1. The Morgan fingerprint density at radius 2 is 1.86 bits per heavy atom. The standard InChI is InChI=1S/C23H25N3O2/c1-23(2,3)28-22(27)25-20(17-11-9-16(14-24)10-12-17)13-18-15-26(4)21-8-6-5-7-19(18)21/h5-12,15,20H,13H2,1-4H3,(H,25,27)/t20-/m0/s1. The van der Waals surface area contributed by atoms with Crippen molar-refractivity contribution in [1.82, 2.24) is 9.88 Å². The van der Waals surface area contributed by atoms with Crippen LogP contribution in [0.25, 0.3) is 10.9 Å². The van der Waals surface area contributed by atoms with E-state index < -0.39 is 11.7 Å². The Hall–Kier alpha value is -3.26. The SMILES string of the molecule is Cn1cc(C[C@H](NC(=O)OC(C)(C)C)c2ccc(C#N)cc2)c2ccccc21. The highest BCUT2D eigenvalue weighted by atomic mass is 16.6. The van der Waals surface area contributed by atoms with Crippen molar-refractivity contribution in [2.75, 3.05) is 0 Å². The molecule has 2 aromatic carbocycles. The second kappa shape index (κ2) is 7.77. The number of ether oxygens (including phenoxy) is 1. The molecule has 28 heavy (non-hydrogen) atoms. The van der Waals surface area contributed by atoms with Gasteiger partial charge in [0.15, 0.2) is 0 Å². The molecular formula is C23H25N3O2. The number of aromatic nitrogens is 1. The van der Waals surface area contributed by atoms with Crippen LogP contribution in [-0.4, -0.2) is 16.3 Å². The Bertz CT molecular complexity index is 1020. The summed E-state index contributed by atoms with van der Waals surface area (Å²) >= 11 is 0. The third kappa shape index (κ3) is 4.52. The number of hydrogen-bond acceptors (Lipinski definition) is 3. The van der Waals surface area contributed by atoms with Crippen molar-refractivity contribution in [2.24, 2.45) is 7.05 Å². The van der Waals surface area contributed by atoms with E-state index in [1.54, 1.807) is 12.1 Å². The van der Waals surface area contributed by atoms with Gasteiger partial charge in [-0.3, -0.25) is 0 Å². The zero-order chi connectivity index (χ0) is 20.3. The van der Waals surface area contributed by atoms with Crippen LogP contribution < -0.4 is 5.32 Å². The lowest BCUT2D eigenvalue weighted by atomic mass is 9.98. The lowest BCUT2D eigenvalue weighted by molar-refractivity contribution is 0.0503. The lowest BCUT2D eigenvalue weighted by Gasteiger charge is -2.24. The average Bonchev–Trinajstić information content (AvgIpc) is 2.96. The van der Waals surface area contributed by atoms with E-state index in [9.17, 15) is 4.79 Å². The molecule has 3 rings (SSSR count). The molecule has 0 aliphatic rings. The minimum Gasteiger partial charge on any atom is -0.444 e. The summed E-state index contributed by atoms with van der Waals surface area (Å²) in [6.07, 6.45) is 2.26. The molecule has 0 spiro atoms. The predicted octanol–water partition coefficient (Wildman–Crippen LogP) is 4.86. The van der Waals surface area contributed by atoms with Crippen molar-refractivity contribution in [1.29, 1.82) is 5.26 Å². The van der Waals surface area contributed by atoms with Crippen LogP contribution in [0.3, 0.4) is 0 Å². The fourth-order valence-electron chi connectivity index (χ4n) is 3.30. The summed E-state index contributed by atoms with van der Waals surface area (Å²) in [5.41, 5.74) is 3.23. The van der Waals surface area contributed by atoms with Crippen LogP contribution in [-0.2, 0) is 18.2 Å². The molecule has 0 radical (unpaired) electrons. The van der Waals surface area contributed by atoms with Gasteiger partial charge in [-0.2, -0.15) is 5.26 Å². The molecule has 0 aliphatic carbocycles. The lowest BCUT2D eigenvalue weighted by Crippen LogP contribution is -2.35. The van der Waals surface area contributed by atoms with Crippen molar-refractivity contribution < 1.29 is 9.53 Å². The fourth-order valence-corrected chi connectivity index (χ4v) is 3.30. The van der Waals surface area contributed by atoms with E-state index in [2.05, 4.69) is 34.3 Å². The van der Waals surface area contributed by atoms with Crippen LogP contribution >= 0.6 is 0 Å². The maximum absolute atomic E-state index is 12.4.